The normalized spacial score (nSPS) is 10.3. The van der Waals surface area contributed by atoms with Gasteiger partial charge in [-0.25, -0.2) is 4.79 Å². The van der Waals surface area contributed by atoms with Gasteiger partial charge in [0.15, 0.2) is 0 Å². The highest BCUT2D eigenvalue weighted by Crippen LogP contribution is 2.23. The largest absolute Gasteiger partial charge is 0.465 e. The quantitative estimate of drug-likeness (QED) is 0.824. The second kappa shape index (κ2) is 7.45. The lowest BCUT2D eigenvalue weighted by molar-refractivity contribution is -0.118. The van der Waals surface area contributed by atoms with E-state index in [4.69, 9.17) is 4.74 Å². The number of hydrogen-bond donors (Lipinski definition) is 2. The minimum absolute atomic E-state index is 0.0262. The Hall–Kier alpha value is -2.82. The van der Waals surface area contributed by atoms with Gasteiger partial charge in [0.1, 0.15) is 0 Å². The van der Waals surface area contributed by atoms with E-state index in [0.717, 1.165) is 11.4 Å². The number of esters is 1. The zero-order valence-corrected chi connectivity index (χ0v) is 13.4. The second-order valence-corrected chi connectivity index (χ2v) is 5.38. The first-order valence-electron chi connectivity index (χ1n) is 7.36. The summed E-state index contributed by atoms with van der Waals surface area (Å²) in [6.45, 7) is 3.68. The van der Waals surface area contributed by atoms with Crippen LogP contribution < -0.4 is 10.6 Å². The van der Waals surface area contributed by atoms with Crippen molar-refractivity contribution >= 4 is 28.9 Å². The van der Waals surface area contributed by atoms with Crippen LogP contribution in [0.25, 0.3) is 0 Å². The van der Waals surface area contributed by atoms with E-state index in [1.54, 1.807) is 18.2 Å². The van der Waals surface area contributed by atoms with Gasteiger partial charge in [-0.15, -0.1) is 0 Å². The van der Waals surface area contributed by atoms with Crippen molar-refractivity contribution in [2.24, 2.45) is 5.92 Å². The highest BCUT2D eigenvalue weighted by Gasteiger charge is 2.11. The van der Waals surface area contributed by atoms with E-state index in [0.29, 0.717) is 11.3 Å². The van der Waals surface area contributed by atoms with Crippen LogP contribution in [0, 0.1) is 5.92 Å². The van der Waals surface area contributed by atoms with E-state index in [1.807, 2.05) is 44.2 Å². The van der Waals surface area contributed by atoms with E-state index in [1.165, 1.54) is 7.11 Å². The minimum atomic E-state index is -0.395. The van der Waals surface area contributed by atoms with Gasteiger partial charge >= 0.3 is 5.97 Å². The molecule has 2 aromatic carbocycles. The van der Waals surface area contributed by atoms with E-state index in [-0.39, 0.29) is 11.8 Å². The van der Waals surface area contributed by atoms with Crippen molar-refractivity contribution in [3.63, 3.8) is 0 Å². The van der Waals surface area contributed by atoms with Crippen LogP contribution in [-0.4, -0.2) is 19.0 Å². The van der Waals surface area contributed by atoms with Crippen LogP contribution >= 0.6 is 0 Å². The van der Waals surface area contributed by atoms with Crippen molar-refractivity contribution in [1.82, 2.24) is 0 Å². The average Bonchev–Trinajstić information content (AvgIpc) is 2.56. The molecule has 2 aromatic rings. The Bertz CT molecular complexity index is 694. The van der Waals surface area contributed by atoms with Crippen LogP contribution in [0.2, 0.25) is 0 Å². The fourth-order valence-electron chi connectivity index (χ4n) is 1.96. The predicted octanol–water partition coefficient (Wildman–Crippen LogP) is 3.81. The maximum atomic E-state index is 11.8. The maximum Gasteiger partial charge on any atom is 0.339 e. The molecule has 23 heavy (non-hydrogen) atoms. The van der Waals surface area contributed by atoms with Crippen molar-refractivity contribution in [2.75, 3.05) is 17.7 Å². The summed E-state index contributed by atoms with van der Waals surface area (Å²) in [6, 6.07) is 14.4. The lowest BCUT2D eigenvalue weighted by Gasteiger charge is -2.12. The number of nitrogens with one attached hydrogen (secondary N) is 2. The van der Waals surface area contributed by atoms with Gasteiger partial charge in [-0.05, 0) is 36.4 Å². The third-order valence-electron chi connectivity index (χ3n) is 3.29. The summed E-state index contributed by atoms with van der Waals surface area (Å²) in [7, 11) is 1.35. The molecular weight excluding hydrogens is 292 g/mol. The third kappa shape index (κ3) is 4.32. The lowest BCUT2D eigenvalue weighted by atomic mass is 10.1. The van der Waals surface area contributed by atoms with E-state index >= 15 is 0 Å². The summed E-state index contributed by atoms with van der Waals surface area (Å²) in [6.07, 6.45) is 0. The molecule has 0 radical (unpaired) electrons. The van der Waals surface area contributed by atoms with E-state index in [9.17, 15) is 9.59 Å². The molecule has 0 saturated heterocycles. The smallest absolute Gasteiger partial charge is 0.339 e. The molecule has 2 rings (SSSR count). The molecule has 0 heterocycles. The topological polar surface area (TPSA) is 67.4 Å². The molecule has 5 nitrogen and oxygen atoms in total. The molecule has 0 aromatic heterocycles. The number of carbonyl (C=O) groups excluding carboxylic acids is 2. The molecule has 0 spiro atoms. The molecule has 2 N–H and O–H groups in total. The van der Waals surface area contributed by atoms with Crippen LogP contribution in [0.4, 0.5) is 17.1 Å². The number of benzene rings is 2. The summed E-state index contributed by atoms with van der Waals surface area (Å²) >= 11 is 0. The summed E-state index contributed by atoms with van der Waals surface area (Å²) in [5, 5.41) is 6.01. The number of methoxy groups -OCH3 is 1. The summed E-state index contributed by atoms with van der Waals surface area (Å²) < 4.78 is 4.77. The Balaban J connectivity index is 2.13. The highest BCUT2D eigenvalue weighted by atomic mass is 16.5. The molecule has 0 fully saturated rings. The Kier molecular flexibility index (Phi) is 5.36. The second-order valence-electron chi connectivity index (χ2n) is 5.38. The Morgan fingerprint density at radius 1 is 0.957 bits per heavy atom. The number of para-hydroxylation sites is 1. The molecule has 0 bridgehead atoms. The fourth-order valence-corrected chi connectivity index (χ4v) is 1.96. The molecular formula is C18H20N2O3. The van der Waals surface area contributed by atoms with Crippen molar-refractivity contribution < 1.29 is 14.3 Å². The summed E-state index contributed by atoms with van der Waals surface area (Å²) in [4.78, 5) is 23.4. The number of ether oxygens (including phenoxy) is 1. The molecule has 1 amide bonds. The van der Waals surface area contributed by atoms with Crippen LogP contribution in [0.5, 0.6) is 0 Å². The van der Waals surface area contributed by atoms with Crippen LogP contribution in [-0.2, 0) is 9.53 Å². The third-order valence-corrected chi connectivity index (χ3v) is 3.29. The first-order chi connectivity index (χ1) is 11.0. The van der Waals surface area contributed by atoms with Crippen LogP contribution in [0.15, 0.2) is 48.5 Å². The van der Waals surface area contributed by atoms with Crippen molar-refractivity contribution in [3.05, 3.63) is 54.1 Å². The van der Waals surface area contributed by atoms with Gasteiger partial charge in [-0.3, -0.25) is 4.79 Å². The molecule has 0 aliphatic heterocycles. The van der Waals surface area contributed by atoms with Crippen LogP contribution in [0.1, 0.15) is 24.2 Å². The number of carbonyl (C=O) groups is 2. The Morgan fingerprint density at radius 2 is 1.57 bits per heavy atom. The number of amides is 1. The van der Waals surface area contributed by atoms with Crippen molar-refractivity contribution in [2.45, 2.75) is 13.8 Å². The highest BCUT2D eigenvalue weighted by molar-refractivity contribution is 5.96. The average molecular weight is 312 g/mol. The molecule has 120 valence electrons. The zero-order valence-electron chi connectivity index (χ0n) is 13.4. The molecule has 5 heteroatoms. The molecule has 0 aliphatic carbocycles. The first kappa shape index (κ1) is 16.5. The van der Waals surface area contributed by atoms with Gasteiger partial charge in [0.05, 0.1) is 18.4 Å². The number of hydrogen-bond acceptors (Lipinski definition) is 4. The van der Waals surface area contributed by atoms with Gasteiger partial charge in [0.2, 0.25) is 5.91 Å². The number of anilines is 3. The number of rotatable bonds is 5. The van der Waals surface area contributed by atoms with E-state index < -0.39 is 5.97 Å². The predicted molar refractivity (Wildman–Crippen MR) is 91.0 cm³/mol. The van der Waals surface area contributed by atoms with Gasteiger partial charge in [0.25, 0.3) is 0 Å². The van der Waals surface area contributed by atoms with Crippen molar-refractivity contribution in [3.8, 4) is 0 Å². The Labute approximate surface area is 135 Å². The van der Waals surface area contributed by atoms with Gasteiger partial charge < -0.3 is 15.4 Å². The van der Waals surface area contributed by atoms with Crippen molar-refractivity contribution in [1.29, 1.82) is 0 Å². The van der Waals surface area contributed by atoms with Gasteiger partial charge in [-0.2, -0.15) is 0 Å². The zero-order chi connectivity index (χ0) is 16.8. The van der Waals surface area contributed by atoms with E-state index in [2.05, 4.69) is 10.6 Å². The molecule has 0 saturated carbocycles. The standard InChI is InChI=1S/C18H20N2O3/c1-12(2)17(21)20-14-10-8-13(9-11-14)19-16-7-5-4-6-15(16)18(22)23-3/h4-12,19H,1-3H3,(H,20,21). The van der Waals surface area contributed by atoms with Crippen LogP contribution in [0.3, 0.4) is 0 Å². The van der Waals surface area contributed by atoms with Gasteiger partial charge in [-0.1, -0.05) is 26.0 Å². The minimum Gasteiger partial charge on any atom is -0.465 e. The molecule has 0 unspecified atom stereocenters. The van der Waals surface area contributed by atoms with Gasteiger partial charge in [0, 0.05) is 17.3 Å². The summed E-state index contributed by atoms with van der Waals surface area (Å²) in [5.41, 5.74) is 2.67. The fraction of sp³-hybridized carbons (Fsp3) is 0.222. The molecule has 0 atom stereocenters. The lowest BCUT2D eigenvalue weighted by Crippen LogP contribution is -2.17. The monoisotopic (exact) mass is 312 g/mol. The molecule has 0 aliphatic rings. The first-order valence-corrected chi connectivity index (χ1v) is 7.36. The Morgan fingerprint density at radius 3 is 2.17 bits per heavy atom. The maximum absolute atomic E-state index is 11.8. The SMILES string of the molecule is COC(=O)c1ccccc1Nc1ccc(NC(=O)C(C)C)cc1. The summed E-state index contributed by atoms with van der Waals surface area (Å²) in [5.74, 6) is -0.490.